The molecule has 1 unspecified atom stereocenters. The van der Waals surface area contributed by atoms with Crippen molar-refractivity contribution in [2.24, 2.45) is 0 Å². The molecule has 4 rings (SSSR count). The molecule has 1 aliphatic rings. The molecule has 9 heteroatoms. The van der Waals surface area contributed by atoms with E-state index >= 15 is 0 Å². The molecule has 1 heterocycles. The van der Waals surface area contributed by atoms with E-state index in [9.17, 15) is 33.0 Å². The molecule has 3 aromatic rings. The molecule has 1 fully saturated rings. The monoisotopic (exact) mass is 483 g/mol. The molecule has 0 aliphatic carbocycles. The molecule has 0 bridgehead atoms. The second-order valence-electron chi connectivity index (χ2n) is 7.99. The van der Waals surface area contributed by atoms with E-state index in [1.54, 1.807) is 19.1 Å². The number of nitrogens with zero attached hydrogens (tertiary/aromatic N) is 1. The van der Waals surface area contributed by atoms with Crippen LogP contribution in [0.2, 0.25) is 0 Å². The van der Waals surface area contributed by atoms with E-state index in [1.165, 1.54) is 43.5 Å². The number of anilines is 1. The summed E-state index contributed by atoms with van der Waals surface area (Å²) in [6.07, 6.45) is -4.68. The van der Waals surface area contributed by atoms with Crippen LogP contribution >= 0.6 is 0 Å². The average Bonchev–Trinajstić information content (AvgIpc) is 3.08. The Morgan fingerprint density at radius 2 is 1.71 bits per heavy atom. The second kappa shape index (κ2) is 8.83. The normalized spacial score (nSPS) is 17.6. The minimum atomic E-state index is -4.68. The molecule has 0 radical (unpaired) electrons. The summed E-state index contributed by atoms with van der Waals surface area (Å²) in [5.41, 5.74) is -0.473. The predicted octanol–water partition coefficient (Wildman–Crippen LogP) is 5.35. The van der Waals surface area contributed by atoms with Crippen LogP contribution in [0, 0.1) is 6.92 Å². The zero-order valence-electron chi connectivity index (χ0n) is 18.6. The summed E-state index contributed by atoms with van der Waals surface area (Å²) in [5.74, 6) is -2.34. The van der Waals surface area contributed by atoms with E-state index in [4.69, 9.17) is 4.74 Å². The Bertz CT molecular complexity index is 1360. The van der Waals surface area contributed by atoms with Gasteiger partial charge in [0.05, 0.1) is 24.3 Å². The molecule has 1 saturated heterocycles. The average molecular weight is 483 g/mol. The van der Waals surface area contributed by atoms with Gasteiger partial charge in [-0.1, -0.05) is 18.2 Å². The number of phenols is 1. The number of carbonyl (C=O) groups is 2. The number of hydrogen-bond donors (Lipinski definition) is 2. The van der Waals surface area contributed by atoms with Gasteiger partial charge in [-0.2, -0.15) is 13.2 Å². The summed E-state index contributed by atoms with van der Waals surface area (Å²) in [6.45, 7) is 1.67. The molecule has 3 aromatic carbocycles. The molecule has 0 saturated carbocycles. The van der Waals surface area contributed by atoms with Gasteiger partial charge < -0.3 is 14.9 Å². The lowest BCUT2D eigenvalue weighted by atomic mass is 9.93. The molecular formula is C26H20F3NO5. The second-order valence-corrected chi connectivity index (χ2v) is 7.99. The quantitative estimate of drug-likeness (QED) is 0.297. The van der Waals surface area contributed by atoms with Gasteiger partial charge in [-0.05, 0) is 66.6 Å². The number of rotatable bonds is 4. The highest BCUT2D eigenvalue weighted by Crippen LogP contribution is 2.44. The smallest absolute Gasteiger partial charge is 0.416 e. The molecule has 0 aromatic heterocycles. The first-order valence-electron chi connectivity index (χ1n) is 10.4. The summed E-state index contributed by atoms with van der Waals surface area (Å²) < 4.78 is 45.3. The molecule has 2 N–H and O–H groups in total. The van der Waals surface area contributed by atoms with Gasteiger partial charge in [0, 0.05) is 11.3 Å². The van der Waals surface area contributed by atoms with Crippen molar-refractivity contribution in [1.29, 1.82) is 0 Å². The Hall–Kier alpha value is -4.27. The van der Waals surface area contributed by atoms with Crippen LogP contribution in [-0.4, -0.2) is 29.0 Å². The zero-order valence-corrected chi connectivity index (χ0v) is 18.6. The van der Waals surface area contributed by atoms with Gasteiger partial charge in [0.25, 0.3) is 11.7 Å². The molecule has 0 spiro atoms. The number of Topliss-reactive ketones (excluding diaryl/α,β-unsaturated/α-hetero) is 1. The predicted molar refractivity (Wildman–Crippen MR) is 122 cm³/mol. The van der Waals surface area contributed by atoms with Crippen LogP contribution in [0.1, 0.15) is 28.3 Å². The largest absolute Gasteiger partial charge is 0.508 e. The Balaban J connectivity index is 1.96. The van der Waals surface area contributed by atoms with Crippen LogP contribution in [0.15, 0.2) is 72.3 Å². The number of hydrogen-bond acceptors (Lipinski definition) is 5. The Morgan fingerprint density at radius 3 is 2.34 bits per heavy atom. The van der Waals surface area contributed by atoms with Crippen molar-refractivity contribution in [3.8, 4) is 11.5 Å². The fraction of sp³-hybridized carbons (Fsp3) is 0.154. The van der Waals surface area contributed by atoms with Crippen LogP contribution in [-0.2, 0) is 15.8 Å². The molecule has 1 aliphatic heterocycles. The Morgan fingerprint density at radius 1 is 1.00 bits per heavy atom. The maximum Gasteiger partial charge on any atom is 0.416 e. The Labute approximate surface area is 198 Å². The van der Waals surface area contributed by atoms with Crippen molar-refractivity contribution >= 4 is 23.1 Å². The number of halogens is 3. The third-order valence-corrected chi connectivity index (χ3v) is 5.77. The number of aryl methyl sites for hydroxylation is 1. The summed E-state index contributed by atoms with van der Waals surface area (Å²) >= 11 is 0. The zero-order chi connectivity index (χ0) is 25.5. The maximum atomic E-state index is 13.4. The molecule has 180 valence electrons. The van der Waals surface area contributed by atoms with E-state index < -0.39 is 35.2 Å². The van der Waals surface area contributed by atoms with Gasteiger partial charge in [-0.25, -0.2) is 0 Å². The van der Waals surface area contributed by atoms with Crippen molar-refractivity contribution in [1.82, 2.24) is 0 Å². The number of phenolic OH excluding ortho intramolecular Hbond substituents is 1. The minimum Gasteiger partial charge on any atom is -0.508 e. The van der Waals surface area contributed by atoms with E-state index in [0.717, 1.165) is 23.1 Å². The fourth-order valence-electron chi connectivity index (χ4n) is 4.12. The van der Waals surface area contributed by atoms with Crippen LogP contribution < -0.4 is 9.64 Å². The first-order chi connectivity index (χ1) is 16.5. The Kier molecular flexibility index (Phi) is 6.02. The summed E-state index contributed by atoms with van der Waals surface area (Å²) in [5, 5.41) is 21.2. The lowest BCUT2D eigenvalue weighted by molar-refractivity contribution is -0.137. The molecular weight excluding hydrogens is 463 g/mol. The van der Waals surface area contributed by atoms with Crippen molar-refractivity contribution < 1.29 is 37.7 Å². The molecule has 1 atom stereocenters. The summed E-state index contributed by atoms with van der Waals surface area (Å²) in [7, 11) is 1.47. The van der Waals surface area contributed by atoms with Crippen molar-refractivity contribution in [3.05, 3.63) is 94.6 Å². The highest BCUT2D eigenvalue weighted by atomic mass is 19.4. The first kappa shape index (κ1) is 23.9. The fourth-order valence-corrected chi connectivity index (χ4v) is 4.12. The number of ether oxygens (including phenoxy) is 1. The van der Waals surface area contributed by atoms with Crippen molar-refractivity contribution in [2.75, 3.05) is 12.0 Å². The lowest BCUT2D eigenvalue weighted by Gasteiger charge is -2.26. The van der Waals surface area contributed by atoms with Gasteiger partial charge in [0.2, 0.25) is 0 Å². The van der Waals surface area contributed by atoms with Gasteiger partial charge >= 0.3 is 6.18 Å². The number of aliphatic hydroxyl groups excluding tert-OH is 1. The van der Waals surface area contributed by atoms with Gasteiger partial charge in [-0.3, -0.25) is 14.5 Å². The number of aromatic hydroxyl groups is 1. The highest BCUT2D eigenvalue weighted by Gasteiger charge is 2.47. The standard InChI is InChI=1S/C26H20F3NO5/c1-14-11-19(35-2)9-10-20(14)23(32)21-22(15-5-3-8-18(31)12-15)30(25(34)24(21)33)17-7-4-6-16(13-17)26(27,28)29/h3-13,22,31-32H,1-2H3/b23-21-. The van der Waals surface area contributed by atoms with Crippen molar-refractivity contribution in [3.63, 3.8) is 0 Å². The first-order valence-corrected chi connectivity index (χ1v) is 10.4. The van der Waals surface area contributed by atoms with E-state index in [1.807, 2.05) is 0 Å². The number of aliphatic hydroxyl groups is 1. The van der Waals surface area contributed by atoms with Crippen molar-refractivity contribution in [2.45, 2.75) is 19.1 Å². The van der Waals surface area contributed by atoms with Crippen LogP contribution in [0.25, 0.3) is 5.76 Å². The third-order valence-electron chi connectivity index (χ3n) is 5.77. The van der Waals surface area contributed by atoms with Gasteiger partial charge in [-0.15, -0.1) is 0 Å². The maximum absolute atomic E-state index is 13.4. The van der Waals surface area contributed by atoms with E-state index in [0.29, 0.717) is 11.3 Å². The minimum absolute atomic E-state index is 0.180. The summed E-state index contributed by atoms with van der Waals surface area (Å²) in [4.78, 5) is 27.2. The molecule has 1 amide bonds. The SMILES string of the molecule is COc1ccc(/C(O)=C2/C(=O)C(=O)N(c3cccc(C(F)(F)F)c3)C2c2cccc(O)c2)c(C)c1. The van der Waals surface area contributed by atoms with E-state index in [-0.39, 0.29) is 28.1 Å². The summed E-state index contributed by atoms with van der Waals surface area (Å²) in [6, 6.07) is 13.1. The van der Waals surface area contributed by atoms with Gasteiger partial charge in [0.1, 0.15) is 17.3 Å². The topological polar surface area (TPSA) is 87.1 Å². The van der Waals surface area contributed by atoms with Crippen LogP contribution in [0.4, 0.5) is 18.9 Å². The molecule has 6 nitrogen and oxygen atoms in total. The number of benzene rings is 3. The lowest BCUT2D eigenvalue weighted by Crippen LogP contribution is -2.29. The highest BCUT2D eigenvalue weighted by molar-refractivity contribution is 6.51. The van der Waals surface area contributed by atoms with Crippen LogP contribution in [0.3, 0.4) is 0 Å². The third kappa shape index (κ3) is 4.32. The molecule has 35 heavy (non-hydrogen) atoms. The number of ketones is 1. The number of carbonyl (C=O) groups excluding carboxylic acids is 2. The van der Waals surface area contributed by atoms with Crippen LogP contribution in [0.5, 0.6) is 11.5 Å². The number of methoxy groups -OCH3 is 1. The van der Waals surface area contributed by atoms with E-state index in [2.05, 4.69) is 0 Å². The van der Waals surface area contributed by atoms with Gasteiger partial charge in [0.15, 0.2) is 0 Å². The number of amides is 1. The number of alkyl halides is 3.